The van der Waals surface area contributed by atoms with Crippen LogP contribution in [-0.2, 0) is 11.3 Å². The van der Waals surface area contributed by atoms with E-state index in [-0.39, 0.29) is 0 Å². The maximum atomic E-state index is 5.15. The van der Waals surface area contributed by atoms with Gasteiger partial charge in [-0.15, -0.1) is 0 Å². The van der Waals surface area contributed by atoms with Crippen molar-refractivity contribution in [2.24, 2.45) is 0 Å². The van der Waals surface area contributed by atoms with Gasteiger partial charge < -0.3 is 9.14 Å². The molecule has 14 heavy (non-hydrogen) atoms. The average Bonchev–Trinajstić information content (AvgIpc) is 2.49. The van der Waals surface area contributed by atoms with Crippen LogP contribution in [0.2, 0.25) is 0 Å². The minimum Gasteiger partial charge on any atom is -0.378 e. The van der Waals surface area contributed by atoms with E-state index in [0.717, 1.165) is 17.0 Å². The van der Waals surface area contributed by atoms with Crippen molar-refractivity contribution in [2.45, 2.75) is 20.5 Å². The second-order valence-corrected chi connectivity index (χ2v) is 3.51. The third kappa shape index (κ3) is 1.40. The zero-order chi connectivity index (χ0) is 10.1. The highest BCUT2D eigenvalue weighted by atomic mass is 16.5. The molecular formula is C11H14N2O. The summed E-state index contributed by atoms with van der Waals surface area (Å²) in [4.78, 5) is 4.49. The molecule has 0 radical (unpaired) electrons. The van der Waals surface area contributed by atoms with Gasteiger partial charge in [-0.1, -0.05) is 0 Å². The van der Waals surface area contributed by atoms with Gasteiger partial charge in [0.1, 0.15) is 5.65 Å². The molecule has 0 saturated carbocycles. The van der Waals surface area contributed by atoms with Gasteiger partial charge in [0.25, 0.3) is 0 Å². The van der Waals surface area contributed by atoms with Crippen LogP contribution < -0.4 is 0 Å². The number of fused-ring (bicyclic) bond motifs is 1. The number of aromatic nitrogens is 2. The molecule has 2 heterocycles. The van der Waals surface area contributed by atoms with Crippen LogP contribution in [0.25, 0.3) is 5.65 Å². The Labute approximate surface area is 83.3 Å². The largest absolute Gasteiger partial charge is 0.378 e. The first kappa shape index (κ1) is 9.21. The Balaban J connectivity index is 2.68. The molecule has 0 amide bonds. The molecule has 3 nitrogen and oxygen atoms in total. The van der Waals surface area contributed by atoms with Crippen LogP contribution in [0, 0.1) is 13.8 Å². The van der Waals surface area contributed by atoms with Crippen LogP contribution in [0.3, 0.4) is 0 Å². The lowest BCUT2D eigenvalue weighted by atomic mass is 10.3. The van der Waals surface area contributed by atoms with Crippen LogP contribution in [0.4, 0.5) is 0 Å². The number of hydrogen-bond acceptors (Lipinski definition) is 2. The number of rotatable bonds is 2. The van der Waals surface area contributed by atoms with E-state index in [2.05, 4.69) is 28.4 Å². The summed E-state index contributed by atoms with van der Waals surface area (Å²) in [7, 11) is 1.71. The van der Waals surface area contributed by atoms with Gasteiger partial charge in [-0.25, -0.2) is 4.98 Å². The quantitative estimate of drug-likeness (QED) is 0.725. The average molecular weight is 190 g/mol. The van der Waals surface area contributed by atoms with E-state index in [0.29, 0.717) is 6.61 Å². The van der Waals surface area contributed by atoms with Crippen molar-refractivity contribution >= 4 is 5.65 Å². The van der Waals surface area contributed by atoms with E-state index in [1.807, 2.05) is 13.1 Å². The molecule has 0 atom stereocenters. The molecule has 0 bridgehead atoms. The summed E-state index contributed by atoms with van der Waals surface area (Å²) in [6.07, 6.45) is 2.03. The van der Waals surface area contributed by atoms with Crippen LogP contribution in [0.1, 0.15) is 17.0 Å². The van der Waals surface area contributed by atoms with E-state index in [9.17, 15) is 0 Å². The molecule has 2 aromatic rings. The Bertz CT molecular complexity index is 460. The highest BCUT2D eigenvalue weighted by Gasteiger charge is 2.05. The van der Waals surface area contributed by atoms with Gasteiger partial charge in [-0.05, 0) is 31.5 Å². The predicted octanol–water partition coefficient (Wildman–Crippen LogP) is 2.10. The van der Waals surface area contributed by atoms with Gasteiger partial charge in [-0.2, -0.15) is 0 Å². The lowest BCUT2D eigenvalue weighted by molar-refractivity contribution is 0.180. The number of nitrogens with zero attached hydrogens (tertiary/aromatic N) is 2. The molecule has 2 rings (SSSR count). The smallest absolute Gasteiger partial charge is 0.140 e. The third-order valence-corrected chi connectivity index (χ3v) is 2.31. The molecule has 3 heteroatoms. The van der Waals surface area contributed by atoms with Crippen LogP contribution in [0.15, 0.2) is 18.3 Å². The van der Waals surface area contributed by atoms with E-state index in [1.54, 1.807) is 7.11 Å². The molecule has 2 aromatic heterocycles. The van der Waals surface area contributed by atoms with Crippen LogP contribution in [0.5, 0.6) is 0 Å². The van der Waals surface area contributed by atoms with Crippen molar-refractivity contribution in [3.05, 3.63) is 35.3 Å². The zero-order valence-corrected chi connectivity index (χ0v) is 8.74. The Kier molecular flexibility index (Phi) is 2.25. The van der Waals surface area contributed by atoms with Crippen molar-refractivity contribution in [3.63, 3.8) is 0 Å². The minimum atomic E-state index is 0.619. The van der Waals surface area contributed by atoms with Gasteiger partial charge >= 0.3 is 0 Å². The van der Waals surface area contributed by atoms with Crippen LogP contribution >= 0.6 is 0 Å². The summed E-state index contributed by atoms with van der Waals surface area (Å²) in [5, 5.41) is 0. The molecule has 0 aliphatic heterocycles. The highest BCUT2D eigenvalue weighted by Crippen LogP contribution is 2.13. The Morgan fingerprint density at radius 3 is 2.93 bits per heavy atom. The van der Waals surface area contributed by atoms with Crippen LogP contribution in [-0.4, -0.2) is 16.5 Å². The molecule has 0 aliphatic rings. The van der Waals surface area contributed by atoms with Crippen molar-refractivity contribution < 1.29 is 4.74 Å². The monoisotopic (exact) mass is 190 g/mol. The predicted molar refractivity (Wildman–Crippen MR) is 55.4 cm³/mol. The van der Waals surface area contributed by atoms with Gasteiger partial charge in [0.15, 0.2) is 0 Å². The first-order valence-corrected chi connectivity index (χ1v) is 4.65. The van der Waals surface area contributed by atoms with Gasteiger partial charge in [0.2, 0.25) is 0 Å². The summed E-state index contributed by atoms with van der Waals surface area (Å²) in [6, 6.07) is 4.12. The number of ether oxygens (including phenoxy) is 1. The summed E-state index contributed by atoms with van der Waals surface area (Å²) in [5.74, 6) is 0. The van der Waals surface area contributed by atoms with Crippen molar-refractivity contribution in [2.75, 3.05) is 7.11 Å². The molecule has 0 aliphatic carbocycles. The highest BCUT2D eigenvalue weighted by molar-refractivity contribution is 5.49. The molecule has 0 unspecified atom stereocenters. The Morgan fingerprint density at radius 2 is 2.21 bits per heavy atom. The molecule has 0 N–H and O–H groups in total. The number of methoxy groups -OCH3 is 1. The maximum absolute atomic E-state index is 5.15. The first-order valence-electron chi connectivity index (χ1n) is 4.65. The minimum absolute atomic E-state index is 0.619. The SMILES string of the molecule is COCc1cc(C)nc2c(C)ccn12. The second kappa shape index (κ2) is 3.42. The van der Waals surface area contributed by atoms with Crippen molar-refractivity contribution in [3.8, 4) is 0 Å². The topological polar surface area (TPSA) is 26.5 Å². The fourth-order valence-corrected chi connectivity index (χ4v) is 1.66. The molecule has 0 aromatic carbocycles. The van der Waals surface area contributed by atoms with E-state index in [4.69, 9.17) is 4.74 Å². The number of aryl methyl sites for hydroxylation is 2. The molecular weight excluding hydrogens is 176 g/mol. The normalized spacial score (nSPS) is 11.1. The summed E-state index contributed by atoms with van der Waals surface area (Å²) in [6.45, 7) is 4.69. The third-order valence-electron chi connectivity index (χ3n) is 2.31. The number of hydrogen-bond donors (Lipinski definition) is 0. The zero-order valence-electron chi connectivity index (χ0n) is 8.74. The maximum Gasteiger partial charge on any atom is 0.140 e. The molecule has 0 spiro atoms. The Morgan fingerprint density at radius 1 is 1.43 bits per heavy atom. The summed E-state index contributed by atoms with van der Waals surface area (Å²) >= 11 is 0. The fourth-order valence-electron chi connectivity index (χ4n) is 1.66. The Hall–Kier alpha value is -1.35. The molecule has 0 saturated heterocycles. The van der Waals surface area contributed by atoms with Crippen molar-refractivity contribution in [1.29, 1.82) is 0 Å². The second-order valence-electron chi connectivity index (χ2n) is 3.51. The summed E-state index contributed by atoms with van der Waals surface area (Å²) < 4.78 is 7.23. The van der Waals surface area contributed by atoms with E-state index in [1.165, 1.54) is 5.56 Å². The standard InChI is InChI=1S/C11H14N2O/c1-8-4-5-13-10(7-14-3)6-9(2)12-11(8)13/h4-6H,7H2,1-3H3. The lowest BCUT2D eigenvalue weighted by Gasteiger charge is -2.06. The van der Waals surface area contributed by atoms with Gasteiger partial charge in [0, 0.05) is 19.0 Å². The van der Waals surface area contributed by atoms with E-state index >= 15 is 0 Å². The fraction of sp³-hybridized carbons (Fsp3) is 0.364. The summed E-state index contributed by atoms with van der Waals surface area (Å²) in [5.41, 5.74) is 4.40. The molecule has 74 valence electrons. The van der Waals surface area contributed by atoms with Gasteiger partial charge in [0.05, 0.1) is 12.3 Å². The van der Waals surface area contributed by atoms with Crippen molar-refractivity contribution in [1.82, 2.24) is 9.38 Å². The first-order chi connectivity index (χ1) is 6.72. The molecule has 0 fully saturated rings. The van der Waals surface area contributed by atoms with E-state index < -0.39 is 0 Å². The van der Waals surface area contributed by atoms with Gasteiger partial charge in [-0.3, -0.25) is 0 Å². The lowest BCUT2D eigenvalue weighted by Crippen LogP contribution is -2.00.